The second kappa shape index (κ2) is 15.7. The largest absolute Gasteiger partial charge is 0.508 e. The summed E-state index contributed by atoms with van der Waals surface area (Å²) < 4.78 is 45.6. The number of methoxy groups -OCH3 is 1. The van der Waals surface area contributed by atoms with Gasteiger partial charge in [-0.3, -0.25) is 4.79 Å². The average Bonchev–Trinajstić information content (AvgIpc) is 3.13. The molecule has 3 fully saturated rings. The Balaban J connectivity index is 1.41. The number of phenolic OH excluding ortho intramolecular Hbond substituents is 3. The van der Waals surface area contributed by atoms with E-state index < -0.39 is 127 Å². The molecule has 1 aromatic heterocycles. The number of rotatable bonds is 9. The van der Waals surface area contributed by atoms with Crippen LogP contribution in [-0.2, 0) is 23.7 Å². The first kappa shape index (κ1) is 39.8. The Hall–Kier alpha value is -3.87. The van der Waals surface area contributed by atoms with Gasteiger partial charge in [0.15, 0.2) is 35.9 Å². The highest BCUT2D eigenvalue weighted by Crippen LogP contribution is 2.40. The number of hydrogen-bond acceptors (Lipinski definition) is 20. The molecular formula is C34H42O20. The quantitative estimate of drug-likeness (QED) is 0.107. The molecule has 3 aliphatic heterocycles. The predicted octanol–water partition coefficient (Wildman–Crippen LogP) is -2.53. The van der Waals surface area contributed by atoms with E-state index in [1.54, 1.807) is 0 Å². The Morgan fingerprint density at radius 1 is 0.685 bits per heavy atom. The van der Waals surface area contributed by atoms with Gasteiger partial charge in [0.05, 0.1) is 25.9 Å². The highest BCUT2D eigenvalue weighted by Gasteiger charge is 2.52. The van der Waals surface area contributed by atoms with Crippen LogP contribution in [0.5, 0.6) is 28.7 Å². The van der Waals surface area contributed by atoms with Gasteiger partial charge in [0.2, 0.25) is 17.5 Å². The Bertz CT molecular complexity index is 1850. The smallest absolute Gasteiger partial charge is 0.239 e. The van der Waals surface area contributed by atoms with E-state index in [0.29, 0.717) is 0 Å². The summed E-state index contributed by atoms with van der Waals surface area (Å²) in [5.74, 6) is -2.63. The fourth-order valence-corrected chi connectivity index (χ4v) is 6.40. The molecule has 3 aliphatic rings. The second-order valence-corrected chi connectivity index (χ2v) is 13.3. The lowest BCUT2D eigenvalue weighted by molar-refractivity contribution is -0.360. The summed E-state index contributed by atoms with van der Waals surface area (Å²) in [6, 6.07) is 5.69. The minimum absolute atomic E-state index is 0.0468. The molecule has 4 heterocycles. The zero-order chi connectivity index (χ0) is 39.3. The highest BCUT2D eigenvalue weighted by atomic mass is 16.8. The van der Waals surface area contributed by atoms with Gasteiger partial charge in [-0.15, -0.1) is 0 Å². The van der Waals surface area contributed by atoms with Gasteiger partial charge in [0.1, 0.15) is 77.4 Å². The maximum absolute atomic E-state index is 14.2. The monoisotopic (exact) mass is 770 g/mol. The van der Waals surface area contributed by atoms with Crippen LogP contribution < -0.4 is 14.9 Å². The van der Waals surface area contributed by atoms with Crippen LogP contribution in [0, 0.1) is 0 Å². The molecule has 15 atom stereocenters. The fraction of sp³-hybridized carbons (Fsp3) is 0.559. The molecule has 54 heavy (non-hydrogen) atoms. The third-order valence-electron chi connectivity index (χ3n) is 9.57. The topological polar surface area (TPSA) is 317 Å². The van der Waals surface area contributed by atoms with Gasteiger partial charge in [-0.1, -0.05) is 0 Å². The van der Waals surface area contributed by atoms with Crippen LogP contribution in [0.15, 0.2) is 39.5 Å². The summed E-state index contributed by atoms with van der Waals surface area (Å²) in [7, 11) is 1.26. The van der Waals surface area contributed by atoms with Crippen molar-refractivity contribution in [3.8, 4) is 40.1 Å². The zero-order valence-corrected chi connectivity index (χ0v) is 28.8. The number of aliphatic hydroxyl groups is 8. The van der Waals surface area contributed by atoms with E-state index in [2.05, 4.69) is 0 Å². The molecule has 0 aliphatic carbocycles. The van der Waals surface area contributed by atoms with Crippen molar-refractivity contribution in [2.45, 2.75) is 106 Å². The van der Waals surface area contributed by atoms with Crippen molar-refractivity contribution in [2.75, 3.05) is 13.7 Å². The normalized spacial score (nSPS) is 37.3. The molecular weight excluding hydrogens is 728 g/mol. The Morgan fingerprint density at radius 3 is 1.96 bits per heavy atom. The van der Waals surface area contributed by atoms with E-state index in [1.165, 1.54) is 39.2 Å². The zero-order valence-electron chi connectivity index (χ0n) is 28.8. The van der Waals surface area contributed by atoms with Crippen LogP contribution in [0.3, 0.4) is 0 Å². The van der Waals surface area contributed by atoms with E-state index in [-0.39, 0.29) is 28.4 Å². The summed E-state index contributed by atoms with van der Waals surface area (Å²) in [5, 5.41) is 115. The van der Waals surface area contributed by atoms with E-state index in [1.807, 2.05) is 0 Å². The summed E-state index contributed by atoms with van der Waals surface area (Å²) >= 11 is 0. The molecule has 298 valence electrons. The molecule has 2 aromatic carbocycles. The Morgan fingerprint density at radius 2 is 1.31 bits per heavy atom. The lowest BCUT2D eigenvalue weighted by Crippen LogP contribution is -2.65. The van der Waals surface area contributed by atoms with Gasteiger partial charge in [0, 0.05) is 17.7 Å². The van der Waals surface area contributed by atoms with Crippen molar-refractivity contribution in [1.29, 1.82) is 0 Å². The first-order valence-corrected chi connectivity index (χ1v) is 16.8. The molecule has 20 nitrogen and oxygen atoms in total. The van der Waals surface area contributed by atoms with E-state index >= 15 is 0 Å². The minimum Gasteiger partial charge on any atom is -0.508 e. The van der Waals surface area contributed by atoms with Crippen LogP contribution in [-0.4, -0.2) is 162 Å². The van der Waals surface area contributed by atoms with Crippen molar-refractivity contribution in [1.82, 2.24) is 0 Å². The number of fused-ring (bicyclic) bond motifs is 1. The Kier molecular flexibility index (Phi) is 11.6. The van der Waals surface area contributed by atoms with Crippen molar-refractivity contribution < 1.29 is 93.7 Å². The van der Waals surface area contributed by atoms with Gasteiger partial charge < -0.3 is 93.7 Å². The summed E-state index contributed by atoms with van der Waals surface area (Å²) in [4.78, 5) is 14.2. The lowest BCUT2D eigenvalue weighted by atomic mass is 9.97. The number of phenols is 3. The van der Waals surface area contributed by atoms with Crippen LogP contribution in [0.25, 0.3) is 22.3 Å². The first-order valence-electron chi connectivity index (χ1n) is 16.8. The molecule has 0 saturated carbocycles. The molecule has 20 heteroatoms. The summed E-state index contributed by atoms with van der Waals surface area (Å²) in [5.41, 5.74) is -1.31. The van der Waals surface area contributed by atoms with Crippen molar-refractivity contribution >= 4 is 11.0 Å². The van der Waals surface area contributed by atoms with Crippen LogP contribution >= 0.6 is 0 Å². The molecule has 3 aromatic rings. The van der Waals surface area contributed by atoms with E-state index in [4.69, 9.17) is 37.6 Å². The van der Waals surface area contributed by atoms with Gasteiger partial charge in [-0.2, -0.15) is 0 Å². The maximum atomic E-state index is 14.2. The van der Waals surface area contributed by atoms with Crippen LogP contribution in [0.2, 0.25) is 0 Å². The highest BCUT2D eigenvalue weighted by molar-refractivity contribution is 5.88. The number of aromatic hydroxyl groups is 3. The lowest BCUT2D eigenvalue weighted by Gasteiger charge is -2.46. The molecule has 0 radical (unpaired) electrons. The summed E-state index contributed by atoms with van der Waals surface area (Å²) in [6.07, 6.45) is -24.9. The molecule has 6 rings (SSSR count). The number of ether oxygens (including phenoxy) is 7. The SMILES string of the molecule is COc1cc(-c2oc3cc(O)cc(O)c3c(=O)c2O[C@@H]2OC(CO[C@@H]3OC(C)[C@H](O)[C@H](O)C3O)[C@H](O)C(O)C2O[C@@H]2OC(C)[C@H](O)C(O)[C@@H]2O)ccc1O. The van der Waals surface area contributed by atoms with E-state index in [9.17, 15) is 61.0 Å². The van der Waals surface area contributed by atoms with Gasteiger partial charge >= 0.3 is 0 Å². The minimum atomic E-state index is -2.02. The van der Waals surface area contributed by atoms with Crippen LogP contribution in [0.1, 0.15) is 13.8 Å². The van der Waals surface area contributed by atoms with Gasteiger partial charge in [0.25, 0.3) is 0 Å². The molecule has 11 N–H and O–H groups in total. The third kappa shape index (κ3) is 7.41. The van der Waals surface area contributed by atoms with E-state index in [0.717, 1.165) is 12.1 Å². The molecule has 7 unspecified atom stereocenters. The fourth-order valence-electron chi connectivity index (χ4n) is 6.40. The molecule has 0 spiro atoms. The number of hydrogen-bond donors (Lipinski definition) is 11. The average molecular weight is 771 g/mol. The maximum Gasteiger partial charge on any atom is 0.239 e. The third-order valence-corrected chi connectivity index (χ3v) is 9.57. The van der Waals surface area contributed by atoms with Crippen LogP contribution in [0.4, 0.5) is 0 Å². The predicted molar refractivity (Wildman–Crippen MR) is 176 cm³/mol. The first-order chi connectivity index (χ1) is 25.5. The van der Waals surface area contributed by atoms with Crippen molar-refractivity contribution in [3.05, 3.63) is 40.6 Å². The second-order valence-electron chi connectivity index (χ2n) is 13.3. The van der Waals surface area contributed by atoms with Crippen molar-refractivity contribution in [2.24, 2.45) is 0 Å². The number of aliphatic hydroxyl groups excluding tert-OH is 8. The number of benzene rings is 2. The molecule has 0 amide bonds. The summed E-state index contributed by atoms with van der Waals surface area (Å²) in [6.45, 7) is 2.09. The Labute approximate surface area is 305 Å². The van der Waals surface area contributed by atoms with Gasteiger partial charge in [-0.25, -0.2) is 0 Å². The standard InChI is InChI=1S/C34H42O20/c1-10-20(38)24(42)27(45)32(49-10)48-9-18-22(40)26(44)31(54-33-28(46)25(43)21(39)11(2)50-33)34(52-18)53-30-23(41)19-15(37)7-13(35)8-17(19)51-29(30)12-4-5-14(36)16(6-12)47-3/h4-8,10-11,18,20-22,24-28,31-40,42-46H,9H2,1-3H3/t10?,11?,18?,20-,21-,22-,24-,25?,26?,27?,28-,31?,32+,33-,34-/m0/s1. The molecule has 3 saturated heterocycles. The van der Waals surface area contributed by atoms with Crippen molar-refractivity contribution in [3.63, 3.8) is 0 Å². The molecule has 0 bridgehead atoms. The van der Waals surface area contributed by atoms with Gasteiger partial charge in [-0.05, 0) is 32.0 Å².